The lowest BCUT2D eigenvalue weighted by Crippen LogP contribution is -2.33. The molecule has 2 aromatic heterocycles. The van der Waals surface area contributed by atoms with E-state index in [0.29, 0.717) is 0 Å². The van der Waals surface area contributed by atoms with E-state index in [9.17, 15) is 0 Å². The van der Waals surface area contributed by atoms with Crippen LogP contribution >= 0.6 is 0 Å². The van der Waals surface area contributed by atoms with E-state index in [4.69, 9.17) is 0 Å². The van der Waals surface area contributed by atoms with Gasteiger partial charge in [-0.3, -0.25) is 0 Å². The van der Waals surface area contributed by atoms with E-state index in [1.807, 2.05) is 0 Å². The molecule has 2 heteroatoms. The third-order valence-electron chi connectivity index (χ3n) is 5.88. The van der Waals surface area contributed by atoms with Crippen LogP contribution in [0.1, 0.15) is 24.0 Å². The summed E-state index contributed by atoms with van der Waals surface area (Å²) in [7, 11) is 0. The van der Waals surface area contributed by atoms with Gasteiger partial charge in [-0.25, -0.2) is 0 Å². The van der Waals surface area contributed by atoms with Crippen molar-refractivity contribution < 1.29 is 9.13 Å². The summed E-state index contributed by atoms with van der Waals surface area (Å²) in [6.07, 6.45) is 5.87. The Kier molecular flexibility index (Phi) is 6.61. The van der Waals surface area contributed by atoms with Crippen molar-refractivity contribution in [1.82, 2.24) is 0 Å². The van der Waals surface area contributed by atoms with Crippen LogP contribution < -0.4 is 9.13 Å². The van der Waals surface area contributed by atoms with E-state index >= 15 is 0 Å². The molecule has 0 aliphatic heterocycles. The standard InChI is InChI=1S/C32H26N2/c1-3-17-31-29(13-1)15-9-25-33(31)23-7-5-11-27-19-21-28(22-20-27)12-6-8-24-34-26-10-16-30-14-2-4-18-32(30)34/h1-4,9-10,13-22,25-26H,7-8,23-24H2/q+2. The van der Waals surface area contributed by atoms with E-state index < -0.39 is 0 Å². The maximum atomic E-state index is 3.31. The van der Waals surface area contributed by atoms with Gasteiger partial charge in [0.25, 0.3) is 0 Å². The number of hydrogen-bond acceptors (Lipinski definition) is 0. The van der Waals surface area contributed by atoms with E-state index in [1.165, 1.54) is 21.8 Å². The molecule has 0 saturated carbocycles. The zero-order valence-corrected chi connectivity index (χ0v) is 19.1. The molecular weight excluding hydrogens is 412 g/mol. The molecule has 0 saturated heterocycles. The van der Waals surface area contributed by atoms with E-state index in [0.717, 1.165) is 37.1 Å². The smallest absolute Gasteiger partial charge is 0.197 e. The molecule has 2 heterocycles. The van der Waals surface area contributed by atoms with Gasteiger partial charge in [0.05, 0.1) is 12.8 Å². The summed E-state index contributed by atoms with van der Waals surface area (Å²) in [4.78, 5) is 0. The summed E-state index contributed by atoms with van der Waals surface area (Å²) in [5.74, 6) is 13.2. The van der Waals surface area contributed by atoms with Gasteiger partial charge in [0, 0.05) is 46.2 Å². The van der Waals surface area contributed by atoms with Crippen LogP contribution in [0.4, 0.5) is 0 Å². The second-order valence-electron chi connectivity index (χ2n) is 8.20. The molecule has 0 unspecified atom stereocenters. The van der Waals surface area contributed by atoms with Crippen LogP contribution in [0, 0.1) is 23.7 Å². The fraction of sp³-hybridized carbons (Fsp3) is 0.125. The normalized spacial score (nSPS) is 10.4. The molecular formula is C32H26N2+2. The predicted octanol–water partition coefficient (Wildman–Crippen LogP) is 5.45. The van der Waals surface area contributed by atoms with Crippen LogP contribution in [-0.2, 0) is 13.1 Å². The molecule has 0 radical (unpaired) electrons. The number of aryl methyl sites for hydroxylation is 2. The van der Waals surface area contributed by atoms with Crippen molar-refractivity contribution in [2.24, 2.45) is 0 Å². The van der Waals surface area contributed by atoms with Crippen LogP contribution in [0.3, 0.4) is 0 Å². The molecule has 34 heavy (non-hydrogen) atoms. The maximum Gasteiger partial charge on any atom is 0.212 e. The Balaban J connectivity index is 1.16. The Labute approximate surface area is 201 Å². The fourth-order valence-electron chi connectivity index (χ4n) is 4.15. The first-order valence-electron chi connectivity index (χ1n) is 11.7. The minimum atomic E-state index is 0.812. The van der Waals surface area contributed by atoms with Crippen molar-refractivity contribution in [2.45, 2.75) is 25.9 Å². The van der Waals surface area contributed by atoms with Crippen LogP contribution in [0.25, 0.3) is 21.8 Å². The summed E-state index contributed by atoms with van der Waals surface area (Å²) in [5.41, 5.74) is 4.54. The minimum absolute atomic E-state index is 0.812. The summed E-state index contributed by atoms with van der Waals surface area (Å²) in [6.45, 7) is 1.76. The molecule has 0 amide bonds. The molecule has 162 valence electrons. The topological polar surface area (TPSA) is 7.76 Å². The monoisotopic (exact) mass is 438 g/mol. The van der Waals surface area contributed by atoms with Gasteiger partial charge < -0.3 is 0 Å². The second kappa shape index (κ2) is 10.5. The number of aromatic nitrogens is 2. The lowest BCUT2D eigenvalue weighted by molar-refractivity contribution is -0.670. The van der Waals surface area contributed by atoms with Gasteiger partial charge in [-0.15, -0.1) is 0 Å². The van der Waals surface area contributed by atoms with Crippen LogP contribution in [-0.4, -0.2) is 0 Å². The number of nitrogens with zero attached hydrogens (tertiary/aromatic N) is 2. The van der Waals surface area contributed by atoms with Crippen molar-refractivity contribution in [1.29, 1.82) is 0 Å². The zero-order chi connectivity index (χ0) is 23.0. The molecule has 5 aromatic rings. The number of para-hydroxylation sites is 2. The van der Waals surface area contributed by atoms with Gasteiger partial charge >= 0.3 is 0 Å². The highest BCUT2D eigenvalue weighted by molar-refractivity contribution is 5.75. The summed E-state index contributed by atoms with van der Waals surface area (Å²) in [5, 5.41) is 2.51. The zero-order valence-electron chi connectivity index (χ0n) is 19.1. The van der Waals surface area contributed by atoms with Gasteiger partial charge in [0.1, 0.15) is 0 Å². The number of rotatable bonds is 4. The molecule has 0 aliphatic rings. The van der Waals surface area contributed by atoms with Crippen molar-refractivity contribution in [3.8, 4) is 23.7 Å². The lowest BCUT2D eigenvalue weighted by Gasteiger charge is -1.98. The molecule has 5 rings (SSSR count). The molecule has 0 bridgehead atoms. The van der Waals surface area contributed by atoms with Gasteiger partial charge in [0.2, 0.25) is 11.0 Å². The minimum Gasteiger partial charge on any atom is -0.197 e. The first kappa shape index (κ1) is 21.4. The number of pyridine rings is 2. The average molecular weight is 439 g/mol. The number of fused-ring (bicyclic) bond motifs is 2. The molecule has 0 aliphatic carbocycles. The molecule has 0 atom stereocenters. The second-order valence-corrected chi connectivity index (χ2v) is 8.20. The van der Waals surface area contributed by atoms with Gasteiger partial charge in [-0.05, 0) is 48.5 Å². The average Bonchev–Trinajstić information content (AvgIpc) is 2.90. The third kappa shape index (κ3) is 5.15. The molecule has 0 N–H and O–H groups in total. The van der Waals surface area contributed by atoms with Gasteiger partial charge in [-0.1, -0.05) is 47.9 Å². The number of benzene rings is 3. The van der Waals surface area contributed by atoms with Crippen LogP contribution in [0.15, 0.2) is 109 Å². The summed E-state index contributed by atoms with van der Waals surface area (Å²) >= 11 is 0. The quantitative estimate of drug-likeness (QED) is 0.260. The van der Waals surface area contributed by atoms with Crippen molar-refractivity contribution in [3.05, 3.63) is 121 Å². The van der Waals surface area contributed by atoms with Gasteiger partial charge in [0.15, 0.2) is 25.5 Å². The Morgan fingerprint density at radius 1 is 0.471 bits per heavy atom. The molecule has 0 spiro atoms. The van der Waals surface area contributed by atoms with E-state index in [-0.39, 0.29) is 0 Å². The lowest BCUT2D eigenvalue weighted by atomic mass is 10.1. The first-order valence-corrected chi connectivity index (χ1v) is 11.7. The molecule has 3 aromatic carbocycles. The highest BCUT2D eigenvalue weighted by Crippen LogP contribution is 2.09. The van der Waals surface area contributed by atoms with Crippen LogP contribution in [0.5, 0.6) is 0 Å². The largest absolute Gasteiger partial charge is 0.212 e. The highest BCUT2D eigenvalue weighted by Gasteiger charge is 2.06. The third-order valence-corrected chi connectivity index (χ3v) is 5.88. The highest BCUT2D eigenvalue weighted by atomic mass is 14.9. The molecule has 0 fully saturated rings. The van der Waals surface area contributed by atoms with E-state index in [2.05, 4.69) is 142 Å². The summed E-state index contributed by atoms with van der Waals surface area (Å²) < 4.78 is 4.53. The maximum absolute atomic E-state index is 3.31. The van der Waals surface area contributed by atoms with Crippen molar-refractivity contribution in [3.63, 3.8) is 0 Å². The SMILES string of the molecule is C(#Cc1ccc(C#CCC[n+]2cccc3ccccc32)cc1)CC[n+]1cccc2ccccc21. The number of hydrogen-bond donors (Lipinski definition) is 0. The van der Waals surface area contributed by atoms with Crippen molar-refractivity contribution in [2.75, 3.05) is 0 Å². The van der Waals surface area contributed by atoms with Gasteiger partial charge in [-0.2, -0.15) is 9.13 Å². The van der Waals surface area contributed by atoms with Crippen molar-refractivity contribution >= 4 is 21.8 Å². The van der Waals surface area contributed by atoms with E-state index in [1.54, 1.807) is 0 Å². The Morgan fingerprint density at radius 3 is 1.35 bits per heavy atom. The Hall–Kier alpha value is -4.40. The Bertz CT molecular complexity index is 1430. The predicted molar refractivity (Wildman–Crippen MR) is 138 cm³/mol. The summed E-state index contributed by atoms with van der Waals surface area (Å²) in [6, 6.07) is 33.6. The van der Waals surface area contributed by atoms with Crippen LogP contribution in [0.2, 0.25) is 0 Å². The Morgan fingerprint density at radius 2 is 0.882 bits per heavy atom. The fourth-order valence-corrected chi connectivity index (χ4v) is 4.15. The first-order chi connectivity index (χ1) is 16.9. The molecule has 2 nitrogen and oxygen atoms in total.